The lowest BCUT2D eigenvalue weighted by Crippen LogP contribution is -1.89. The third-order valence-corrected chi connectivity index (χ3v) is 3.91. The molecule has 2 N–H and O–H groups in total. The number of aromatic nitrogens is 1. The molecule has 0 radical (unpaired) electrons. The smallest absolute Gasteiger partial charge is 0.0410 e. The van der Waals surface area contributed by atoms with Crippen molar-refractivity contribution >= 4 is 33.4 Å². The Morgan fingerprint density at radius 1 is 1.29 bits per heavy atom. The SMILES string of the molecule is Cc1cc(SCc2cncc(Br)c2)ccc1N. The van der Waals surface area contributed by atoms with E-state index < -0.39 is 0 Å². The van der Waals surface area contributed by atoms with Crippen LogP contribution < -0.4 is 5.73 Å². The summed E-state index contributed by atoms with van der Waals surface area (Å²) in [6.45, 7) is 2.03. The molecule has 0 aliphatic carbocycles. The van der Waals surface area contributed by atoms with Gasteiger partial charge in [0.2, 0.25) is 0 Å². The maximum atomic E-state index is 5.79. The van der Waals surface area contributed by atoms with Gasteiger partial charge in [0, 0.05) is 33.2 Å². The van der Waals surface area contributed by atoms with Crippen LogP contribution in [0.15, 0.2) is 46.0 Å². The maximum absolute atomic E-state index is 5.79. The van der Waals surface area contributed by atoms with Crippen LogP contribution in [0.4, 0.5) is 5.69 Å². The number of halogens is 1. The number of hydrogen-bond acceptors (Lipinski definition) is 3. The summed E-state index contributed by atoms with van der Waals surface area (Å²) in [7, 11) is 0. The van der Waals surface area contributed by atoms with Crippen molar-refractivity contribution in [2.24, 2.45) is 0 Å². The Kier molecular flexibility index (Phi) is 4.07. The molecule has 88 valence electrons. The third-order valence-electron chi connectivity index (χ3n) is 2.41. The van der Waals surface area contributed by atoms with Gasteiger partial charge in [-0.25, -0.2) is 0 Å². The molecule has 0 fully saturated rings. The monoisotopic (exact) mass is 308 g/mol. The van der Waals surface area contributed by atoms with E-state index in [-0.39, 0.29) is 0 Å². The Labute approximate surface area is 114 Å². The average molecular weight is 309 g/mol. The molecule has 1 heterocycles. The lowest BCUT2D eigenvalue weighted by atomic mass is 10.2. The van der Waals surface area contributed by atoms with Gasteiger partial charge in [-0.1, -0.05) is 0 Å². The molecule has 1 aromatic carbocycles. The largest absolute Gasteiger partial charge is 0.399 e. The van der Waals surface area contributed by atoms with Crippen LogP contribution in [-0.4, -0.2) is 4.98 Å². The molecule has 0 amide bonds. The standard InChI is InChI=1S/C13H13BrN2S/c1-9-4-12(2-3-13(9)15)17-8-10-5-11(14)7-16-6-10/h2-7H,8,15H2,1H3. The van der Waals surface area contributed by atoms with E-state index in [1.54, 1.807) is 18.0 Å². The Morgan fingerprint density at radius 3 is 2.82 bits per heavy atom. The van der Waals surface area contributed by atoms with E-state index in [2.05, 4.69) is 39.1 Å². The molecule has 1 aromatic heterocycles. The van der Waals surface area contributed by atoms with Gasteiger partial charge >= 0.3 is 0 Å². The number of nitrogen functional groups attached to an aromatic ring is 1. The molecule has 2 aromatic rings. The highest BCUT2D eigenvalue weighted by Gasteiger charge is 2.00. The van der Waals surface area contributed by atoms with Crippen molar-refractivity contribution in [1.29, 1.82) is 0 Å². The molecular formula is C13H13BrN2S. The minimum Gasteiger partial charge on any atom is -0.399 e. The molecular weight excluding hydrogens is 296 g/mol. The van der Waals surface area contributed by atoms with E-state index in [9.17, 15) is 0 Å². The van der Waals surface area contributed by atoms with E-state index in [1.165, 1.54) is 10.5 Å². The molecule has 0 saturated carbocycles. The fourth-order valence-electron chi connectivity index (χ4n) is 1.44. The number of aryl methyl sites for hydroxylation is 1. The van der Waals surface area contributed by atoms with Crippen LogP contribution in [-0.2, 0) is 5.75 Å². The van der Waals surface area contributed by atoms with Gasteiger partial charge in [0.25, 0.3) is 0 Å². The van der Waals surface area contributed by atoms with Crippen LogP contribution >= 0.6 is 27.7 Å². The summed E-state index contributed by atoms with van der Waals surface area (Å²) in [6.07, 6.45) is 3.68. The van der Waals surface area contributed by atoms with Gasteiger partial charge in [0.15, 0.2) is 0 Å². The summed E-state index contributed by atoms with van der Waals surface area (Å²) >= 11 is 5.21. The summed E-state index contributed by atoms with van der Waals surface area (Å²) < 4.78 is 1.02. The predicted octanol–water partition coefficient (Wildman–Crippen LogP) is 4.03. The van der Waals surface area contributed by atoms with Gasteiger partial charge < -0.3 is 5.73 Å². The Hall–Kier alpha value is -1.00. The number of hydrogen-bond donors (Lipinski definition) is 1. The van der Waals surface area contributed by atoms with Crippen molar-refractivity contribution in [1.82, 2.24) is 4.98 Å². The summed E-state index contributed by atoms with van der Waals surface area (Å²) in [5, 5.41) is 0. The van der Waals surface area contributed by atoms with E-state index in [4.69, 9.17) is 5.73 Å². The number of thioether (sulfide) groups is 1. The first kappa shape index (κ1) is 12.5. The van der Waals surface area contributed by atoms with Crippen molar-refractivity contribution < 1.29 is 0 Å². The van der Waals surface area contributed by atoms with E-state index in [1.807, 2.05) is 19.2 Å². The van der Waals surface area contributed by atoms with Gasteiger partial charge in [-0.15, -0.1) is 11.8 Å². The second-order valence-electron chi connectivity index (χ2n) is 3.82. The van der Waals surface area contributed by atoms with Crippen molar-refractivity contribution in [3.05, 3.63) is 52.3 Å². The number of anilines is 1. The number of nitrogens with zero attached hydrogens (tertiary/aromatic N) is 1. The van der Waals surface area contributed by atoms with Gasteiger partial charge in [-0.3, -0.25) is 4.98 Å². The first-order chi connectivity index (χ1) is 8.15. The zero-order valence-corrected chi connectivity index (χ0v) is 11.9. The minimum absolute atomic E-state index is 0.846. The minimum atomic E-state index is 0.846. The van der Waals surface area contributed by atoms with Gasteiger partial charge in [-0.05, 0) is 58.2 Å². The first-order valence-corrected chi connectivity index (χ1v) is 7.01. The zero-order chi connectivity index (χ0) is 12.3. The molecule has 0 unspecified atom stereocenters. The number of rotatable bonds is 3. The molecule has 17 heavy (non-hydrogen) atoms. The molecule has 2 nitrogen and oxygen atoms in total. The number of benzene rings is 1. The first-order valence-electron chi connectivity index (χ1n) is 5.23. The number of nitrogens with two attached hydrogens (primary N) is 1. The number of pyridine rings is 1. The van der Waals surface area contributed by atoms with E-state index in [0.717, 1.165) is 21.5 Å². The molecule has 0 aliphatic heterocycles. The predicted molar refractivity (Wildman–Crippen MR) is 77.1 cm³/mol. The summed E-state index contributed by atoms with van der Waals surface area (Å²) in [5.74, 6) is 0.912. The Bertz CT molecular complexity index is 529. The highest BCUT2D eigenvalue weighted by molar-refractivity contribution is 9.10. The molecule has 0 spiro atoms. The molecule has 2 rings (SSSR count). The quantitative estimate of drug-likeness (QED) is 0.687. The third kappa shape index (κ3) is 3.48. The fraction of sp³-hybridized carbons (Fsp3) is 0.154. The van der Waals surface area contributed by atoms with Crippen LogP contribution in [0.25, 0.3) is 0 Å². The summed E-state index contributed by atoms with van der Waals surface area (Å²) in [4.78, 5) is 5.38. The normalized spacial score (nSPS) is 10.5. The van der Waals surface area contributed by atoms with Crippen molar-refractivity contribution in [3.63, 3.8) is 0 Å². The van der Waals surface area contributed by atoms with Crippen LogP contribution in [0.1, 0.15) is 11.1 Å². The second-order valence-corrected chi connectivity index (χ2v) is 5.78. The lowest BCUT2D eigenvalue weighted by Gasteiger charge is -2.05. The average Bonchev–Trinajstić information content (AvgIpc) is 2.31. The highest BCUT2D eigenvalue weighted by Crippen LogP contribution is 2.26. The topological polar surface area (TPSA) is 38.9 Å². The molecule has 4 heteroatoms. The van der Waals surface area contributed by atoms with Crippen LogP contribution in [0.2, 0.25) is 0 Å². The molecule has 0 saturated heterocycles. The lowest BCUT2D eigenvalue weighted by molar-refractivity contribution is 1.23. The van der Waals surface area contributed by atoms with E-state index in [0.29, 0.717) is 0 Å². The zero-order valence-electron chi connectivity index (χ0n) is 9.48. The summed E-state index contributed by atoms with van der Waals surface area (Å²) in [5.41, 5.74) is 8.97. The summed E-state index contributed by atoms with van der Waals surface area (Å²) in [6, 6.07) is 8.21. The van der Waals surface area contributed by atoms with Gasteiger partial charge in [0.1, 0.15) is 0 Å². The van der Waals surface area contributed by atoms with Crippen molar-refractivity contribution in [2.45, 2.75) is 17.6 Å². The fourth-order valence-corrected chi connectivity index (χ4v) is 2.77. The Balaban J connectivity index is 2.05. The van der Waals surface area contributed by atoms with Crippen molar-refractivity contribution in [3.8, 4) is 0 Å². The van der Waals surface area contributed by atoms with Crippen LogP contribution in [0.5, 0.6) is 0 Å². The molecule has 0 atom stereocenters. The highest BCUT2D eigenvalue weighted by atomic mass is 79.9. The van der Waals surface area contributed by atoms with Crippen LogP contribution in [0.3, 0.4) is 0 Å². The Morgan fingerprint density at radius 2 is 2.12 bits per heavy atom. The molecule has 0 aliphatic rings. The van der Waals surface area contributed by atoms with Gasteiger partial charge in [-0.2, -0.15) is 0 Å². The van der Waals surface area contributed by atoms with Crippen LogP contribution in [0, 0.1) is 6.92 Å². The van der Waals surface area contributed by atoms with Gasteiger partial charge in [0.05, 0.1) is 0 Å². The van der Waals surface area contributed by atoms with Crippen molar-refractivity contribution in [2.75, 3.05) is 5.73 Å². The van der Waals surface area contributed by atoms with E-state index >= 15 is 0 Å². The maximum Gasteiger partial charge on any atom is 0.0410 e. The second kappa shape index (κ2) is 5.56. The molecule has 0 bridgehead atoms.